The van der Waals surface area contributed by atoms with Gasteiger partial charge in [-0.2, -0.15) is 0 Å². The Morgan fingerprint density at radius 2 is 1.90 bits per heavy atom. The van der Waals surface area contributed by atoms with Gasteiger partial charge in [0, 0.05) is 15.7 Å². The Kier molecular flexibility index (Phi) is 3.03. The summed E-state index contributed by atoms with van der Waals surface area (Å²) in [7, 11) is 0. The van der Waals surface area contributed by atoms with E-state index < -0.39 is 5.54 Å². The topological polar surface area (TPSA) is 52.6 Å². The number of carbonyl (C=O) groups excluding carboxylic acids is 1. The van der Waals surface area contributed by atoms with Crippen LogP contribution in [0.5, 0.6) is 0 Å². The second kappa shape index (κ2) is 4.61. The summed E-state index contributed by atoms with van der Waals surface area (Å²) in [5.74, 6) is -0.253. The fourth-order valence-corrected chi connectivity index (χ4v) is 2.79. The molecule has 2 N–H and O–H groups in total. The molecule has 0 aromatic heterocycles. The zero-order valence-electron chi connectivity index (χ0n) is 10.8. The number of hydrogen-bond acceptors (Lipinski definition) is 3. The van der Waals surface area contributed by atoms with E-state index in [1.165, 1.54) is 0 Å². The third-order valence-corrected chi connectivity index (χ3v) is 4.11. The molecule has 4 nitrogen and oxygen atoms in total. The first-order valence-corrected chi connectivity index (χ1v) is 6.98. The molecule has 0 fully saturated rings. The molecule has 20 heavy (non-hydrogen) atoms. The van der Waals surface area contributed by atoms with Gasteiger partial charge in [0.25, 0.3) is 5.91 Å². The van der Waals surface area contributed by atoms with Crippen molar-refractivity contribution in [3.8, 4) is 0 Å². The minimum absolute atomic E-state index is 0.253. The number of rotatable bonds is 2. The Labute approximate surface area is 125 Å². The number of benzene rings is 2. The lowest BCUT2D eigenvalue weighted by molar-refractivity contribution is -0.122. The van der Waals surface area contributed by atoms with Gasteiger partial charge in [-0.15, -0.1) is 0 Å². The number of para-hydroxylation sites is 1. The highest BCUT2D eigenvalue weighted by atomic mass is 79.9. The number of nitrogens with zero attached hydrogens (tertiary/aromatic N) is 1. The number of hydroxylamine groups is 1. The number of anilines is 2. The van der Waals surface area contributed by atoms with Crippen molar-refractivity contribution in [2.24, 2.45) is 0 Å². The summed E-state index contributed by atoms with van der Waals surface area (Å²) in [6.07, 6.45) is 0. The van der Waals surface area contributed by atoms with Crippen LogP contribution in [-0.2, 0) is 10.3 Å². The predicted molar refractivity (Wildman–Crippen MR) is 80.8 cm³/mol. The van der Waals surface area contributed by atoms with Crippen molar-refractivity contribution in [2.45, 2.75) is 12.5 Å². The Morgan fingerprint density at radius 1 is 1.20 bits per heavy atom. The lowest BCUT2D eigenvalue weighted by atomic mass is 9.92. The van der Waals surface area contributed by atoms with E-state index in [4.69, 9.17) is 0 Å². The predicted octanol–water partition coefficient (Wildman–Crippen LogP) is 3.51. The molecule has 1 aliphatic heterocycles. The molecule has 102 valence electrons. The fraction of sp³-hybridized carbons (Fsp3) is 0.133. The van der Waals surface area contributed by atoms with Gasteiger partial charge in [-0.3, -0.25) is 10.0 Å². The molecule has 1 amide bonds. The molecule has 2 aromatic rings. The monoisotopic (exact) mass is 332 g/mol. The normalized spacial score (nSPS) is 20.4. The van der Waals surface area contributed by atoms with Crippen LogP contribution >= 0.6 is 15.9 Å². The van der Waals surface area contributed by atoms with Crippen molar-refractivity contribution in [1.82, 2.24) is 0 Å². The molecular formula is C15H13BrN2O2. The molecule has 2 aromatic carbocycles. The van der Waals surface area contributed by atoms with E-state index >= 15 is 0 Å². The van der Waals surface area contributed by atoms with Crippen molar-refractivity contribution >= 4 is 33.2 Å². The maximum Gasteiger partial charge on any atom is 0.257 e. The molecule has 0 unspecified atom stereocenters. The first-order chi connectivity index (χ1) is 9.53. The molecule has 0 saturated carbocycles. The smallest absolute Gasteiger partial charge is 0.257 e. The van der Waals surface area contributed by atoms with E-state index in [9.17, 15) is 10.0 Å². The summed E-state index contributed by atoms with van der Waals surface area (Å²) >= 11 is 3.40. The molecule has 0 spiro atoms. The number of nitrogens with one attached hydrogen (secondary N) is 1. The van der Waals surface area contributed by atoms with E-state index in [0.717, 1.165) is 20.8 Å². The maximum atomic E-state index is 12.4. The van der Waals surface area contributed by atoms with Gasteiger partial charge in [0.1, 0.15) is 0 Å². The van der Waals surface area contributed by atoms with Crippen LogP contribution in [0.4, 0.5) is 11.4 Å². The van der Waals surface area contributed by atoms with Gasteiger partial charge in [-0.25, -0.2) is 5.06 Å². The molecule has 0 aliphatic carbocycles. The number of hydrogen-bond donors (Lipinski definition) is 2. The van der Waals surface area contributed by atoms with Crippen LogP contribution < -0.4 is 10.4 Å². The first-order valence-electron chi connectivity index (χ1n) is 6.19. The molecular weight excluding hydrogens is 320 g/mol. The average Bonchev–Trinajstić information content (AvgIpc) is 2.72. The summed E-state index contributed by atoms with van der Waals surface area (Å²) in [5, 5.41) is 14.4. The van der Waals surface area contributed by atoms with Crippen LogP contribution in [0, 0.1) is 0 Å². The lowest BCUT2D eigenvalue weighted by Gasteiger charge is -2.33. The van der Waals surface area contributed by atoms with Crippen LogP contribution in [0.1, 0.15) is 12.5 Å². The SMILES string of the molecule is C[C@@]1(N(O)c2ccccc2)C(=O)Nc2ccc(Br)cc21. The fourth-order valence-electron chi connectivity index (χ4n) is 2.43. The molecule has 0 saturated heterocycles. The molecule has 0 radical (unpaired) electrons. The number of fused-ring (bicyclic) bond motifs is 1. The van der Waals surface area contributed by atoms with Gasteiger partial charge in [-0.1, -0.05) is 34.1 Å². The van der Waals surface area contributed by atoms with Crippen LogP contribution in [0.15, 0.2) is 53.0 Å². The highest BCUT2D eigenvalue weighted by Gasteiger charge is 2.48. The number of halogens is 1. The molecule has 3 rings (SSSR count). The highest BCUT2D eigenvalue weighted by molar-refractivity contribution is 9.10. The second-order valence-corrected chi connectivity index (χ2v) is 5.78. The van der Waals surface area contributed by atoms with Crippen molar-refractivity contribution < 1.29 is 10.0 Å². The number of carbonyl (C=O) groups is 1. The van der Waals surface area contributed by atoms with E-state index in [1.54, 1.807) is 19.1 Å². The van der Waals surface area contributed by atoms with Crippen molar-refractivity contribution in [2.75, 3.05) is 10.4 Å². The Hall–Kier alpha value is -1.85. The Morgan fingerprint density at radius 3 is 2.60 bits per heavy atom. The lowest BCUT2D eigenvalue weighted by Crippen LogP contribution is -2.47. The molecule has 0 bridgehead atoms. The van der Waals surface area contributed by atoms with E-state index in [1.807, 2.05) is 36.4 Å². The maximum absolute atomic E-state index is 12.4. The summed E-state index contributed by atoms with van der Waals surface area (Å²) in [4.78, 5) is 12.4. The first kappa shape index (κ1) is 13.1. The van der Waals surface area contributed by atoms with Crippen molar-refractivity contribution in [1.29, 1.82) is 0 Å². The van der Waals surface area contributed by atoms with Gasteiger partial charge in [0.15, 0.2) is 5.54 Å². The van der Waals surface area contributed by atoms with Gasteiger partial charge in [0.2, 0.25) is 0 Å². The van der Waals surface area contributed by atoms with Crippen LogP contribution in [0.25, 0.3) is 0 Å². The van der Waals surface area contributed by atoms with Crippen LogP contribution in [0.3, 0.4) is 0 Å². The quantitative estimate of drug-likeness (QED) is 0.827. The van der Waals surface area contributed by atoms with Crippen LogP contribution in [0.2, 0.25) is 0 Å². The van der Waals surface area contributed by atoms with Gasteiger partial charge in [0.05, 0.1) is 5.69 Å². The van der Waals surface area contributed by atoms with Crippen molar-refractivity contribution in [3.63, 3.8) is 0 Å². The molecule has 1 atom stereocenters. The standard InChI is InChI=1S/C15H13BrN2O2/c1-15(18(20)11-5-3-2-4-6-11)12-9-10(16)7-8-13(12)17-14(15)19/h2-9,20H,1H3,(H,17,19)/t15-/m0/s1. The Bertz CT molecular complexity index is 675. The van der Waals surface area contributed by atoms with Gasteiger partial charge < -0.3 is 5.32 Å². The summed E-state index contributed by atoms with van der Waals surface area (Å²) in [5.41, 5.74) is 0.873. The zero-order valence-corrected chi connectivity index (χ0v) is 12.4. The average molecular weight is 333 g/mol. The molecule has 1 heterocycles. The van der Waals surface area contributed by atoms with Crippen molar-refractivity contribution in [3.05, 3.63) is 58.6 Å². The summed E-state index contributed by atoms with van der Waals surface area (Å²) in [6.45, 7) is 1.70. The molecule has 1 aliphatic rings. The highest BCUT2D eigenvalue weighted by Crippen LogP contribution is 2.42. The number of amides is 1. The van der Waals surface area contributed by atoms with Gasteiger partial charge >= 0.3 is 0 Å². The van der Waals surface area contributed by atoms with E-state index in [-0.39, 0.29) is 5.91 Å². The zero-order chi connectivity index (χ0) is 14.3. The Balaban J connectivity index is 2.13. The minimum atomic E-state index is -1.15. The van der Waals surface area contributed by atoms with E-state index in [0.29, 0.717) is 5.69 Å². The molecule has 5 heteroatoms. The third-order valence-electron chi connectivity index (χ3n) is 3.62. The van der Waals surface area contributed by atoms with E-state index in [2.05, 4.69) is 21.2 Å². The van der Waals surface area contributed by atoms with Gasteiger partial charge in [-0.05, 0) is 37.3 Å². The third kappa shape index (κ3) is 1.82. The minimum Gasteiger partial charge on any atom is -0.323 e. The second-order valence-electron chi connectivity index (χ2n) is 4.86. The summed E-state index contributed by atoms with van der Waals surface area (Å²) < 4.78 is 0.862. The summed E-state index contributed by atoms with van der Waals surface area (Å²) in [6, 6.07) is 14.5. The van der Waals surface area contributed by atoms with Crippen LogP contribution in [-0.4, -0.2) is 11.1 Å². The largest absolute Gasteiger partial charge is 0.323 e.